The number of amides is 1. The lowest BCUT2D eigenvalue weighted by molar-refractivity contribution is -0.124. The smallest absolute Gasteiger partial charge is 0.340 e. The van der Waals surface area contributed by atoms with Crippen molar-refractivity contribution in [2.75, 3.05) is 13.4 Å². The van der Waals surface area contributed by atoms with Crippen molar-refractivity contribution in [1.82, 2.24) is 5.32 Å². The number of ether oxygens (including phenoxy) is 3. The van der Waals surface area contributed by atoms with Gasteiger partial charge in [0.05, 0.1) is 10.6 Å². The van der Waals surface area contributed by atoms with Crippen LogP contribution in [0.15, 0.2) is 36.4 Å². The van der Waals surface area contributed by atoms with Gasteiger partial charge in [0.1, 0.15) is 5.82 Å². The maximum atomic E-state index is 13.0. The first-order chi connectivity index (χ1) is 12.0. The number of nitrogens with one attached hydrogen (secondary N) is 1. The molecule has 1 amide bonds. The van der Waals surface area contributed by atoms with E-state index in [1.807, 2.05) is 0 Å². The predicted octanol–water partition coefficient (Wildman–Crippen LogP) is 2.68. The van der Waals surface area contributed by atoms with E-state index in [9.17, 15) is 14.0 Å². The summed E-state index contributed by atoms with van der Waals surface area (Å²) in [6, 6.07) is 8.58. The van der Waals surface area contributed by atoms with Crippen LogP contribution in [0.25, 0.3) is 0 Å². The molecule has 1 aliphatic rings. The summed E-state index contributed by atoms with van der Waals surface area (Å²) in [6.45, 7) is -0.0611. The summed E-state index contributed by atoms with van der Waals surface area (Å²) >= 11 is 5.76. The molecule has 3 rings (SSSR count). The third-order valence-corrected chi connectivity index (χ3v) is 3.72. The van der Waals surface area contributed by atoms with Crippen LogP contribution in [0, 0.1) is 5.82 Å². The Morgan fingerprint density at radius 3 is 2.76 bits per heavy atom. The van der Waals surface area contributed by atoms with Crippen molar-refractivity contribution >= 4 is 23.5 Å². The second-order valence-electron chi connectivity index (χ2n) is 5.16. The Hall–Kier alpha value is -2.80. The summed E-state index contributed by atoms with van der Waals surface area (Å²) in [4.78, 5) is 23.6. The van der Waals surface area contributed by atoms with Crippen molar-refractivity contribution in [2.24, 2.45) is 0 Å². The minimum absolute atomic E-state index is 0.00774. The highest BCUT2D eigenvalue weighted by molar-refractivity contribution is 6.33. The van der Waals surface area contributed by atoms with Crippen molar-refractivity contribution in [3.05, 3.63) is 58.4 Å². The van der Waals surface area contributed by atoms with Gasteiger partial charge in [-0.2, -0.15) is 0 Å². The first kappa shape index (κ1) is 17.0. The number of rotatable bonds is 5. The maximum Gasteiger partial charge on any atom is 0.340 e. The van der Waals surface area contributed by atoms with Gasteiger partial charge in [0.25, 0.3) is 5.91 Å². The summed E-state index contributed by atoms with van der Waals surface area (Å²) < 4.78 is 28.3. The second-order valence-corrected chi connectivity index (χ2v) is 5.57. The number of hydrogen-bond donors (Lipinski definition) is 1. The Morgan fingerprint density at radius 2 is 1.96 bits per heavy atom. The van der Waals surface area contributed by atoms with E-state index >= 15 is 0 Å². The average Bonchev–Trinajstić information content (AvgIpc) is 3.05. The average molecular weight is 366 g/mol. The molecular weight excluding hydrogens is 353 g/mol. The standard InChI is InChI=1S/C17H13ClFNO5/c18-13-6-11(19)2-3-12(13)17(22)23-8-16(21)20-7-10-1-4-14-15(5-10)25-9-24-14/h1-6H,7-9H2,(H,20,21). The van der Waals surface area contributed by atoms with Gasteiger partial charge in [-0.3, -0.25) is 4.79 Å². The lowest BCUT2D eigenvalue weighted by Gasteiger charge is -2.08. The number of fused-ring (bicyclic) bond motifs is 1. The number of benzene rings is 2. The monoisotopic (exact) mass is 365 g/mol. The van der Waals surface area contributed by atoms with Gasteiger partial charge < -0.3 is 19.5 Å². The third-order valence-electron chi connectivity index (χ3n) is 3.41. The van der Waals surface area contributed by atoms with Crippen molar-refractivity contribution in [2.45, 2.75) is 6.54 Å². The second kappa shape index (κ2) is 7.40. The highest BCUT2D eigenvalue weighted by atomic mass is 35.5. The minimum atomic E-state index is -0.803. The molecule has 0 atom stereocenters. The molecule has 6 nitrogen and oxygen atoms in total. The van der Waals surface area contributed by atoms with Crippen molar-refractivity contribution in [3.63, 3.8) is 0 Å². The van der Waals surface area contributed by atoms with Crippen LogP contribution in [0.1, 0.15) is 15.9 Å². The molecule has 1 N–H and O–H groups in total. The molecule has 130 valence electrons. The zero-order valence-electron chi connectivity index (χ0n) is 12.9. The van der Waals surface area contributed by atoms with Crippen LogP contribution < -0.4 is 14.8 Å². The van der Waals surface area contributed by atoms with Crippen molar-refractivity contribution < 1.29 is 28.2 Å². The molecule has 0 bridgehead atoms. The molecule has 2 aromatic carbocycles. The highest BCUT2D eigenvalue weighted by Gasteiger charge is 2.15. The molecule has 0 saturated carbocycles. The van der Waals surface area contributed by atoms with Crippen LogP contribution in [-0.2, 0) is 16.1 Å². The van der Waals surface area contributed by atoms with Gasteiger partial charge in [0, 0.05) is 6.54 Å². The zero-order valence-corrected chi connectivity index (χ0v) is 13.6. The molecule has 25 heavy (non-hydrogen) atoms. The van der Waals surface area contributed by atoms with Gasteiger partial charge >= 0.3 is 5.97 Å². The quantitative estimate of drug-likeness (QED) is 0.825. The Labute approximate surface area is 147 Å². The van der Waals surface area contributed by atoms with E-state index in [4.69, 9.17) is 25.8 Å². The van der Waals surface area contributed by atoms with E-state index in [1.165, 1.54) is 6.07 Å². The summed E-state index contributed by atoms with van der Waals surface area (Å²) in [7, 11) is 0. The Morgan fingerprint density at radius 1 is 1.16 bits per heavy atom. The van der Waals surface area contributed by atoms with Crippen LogP contribution in [-0.4, -0.2) is 25.3 Å². The van der Waals surface area contributed by atoms with E-state index in [-0.39, 0.29) is 23.9 Å². The van der Waals surface area contributed by atoms with E-state index in [1.54, 1.807) is 18.2 Å². The van der Waals surface area contributed by atoms with Crippen LogP contribution in [0.4, 0.5) is 4.39 Å². The van der Waals surface area contributed by atoms with E-state index in [0.29, 0.717) is 11.5 Å². The summed E-state index contributed by atoms with van der Waals surface area (Å²) in [6.07, 6.45) is 0. The molecule has 1 aliphatic heterocycles. The number of esters is 1. The normalized spacial score (nSPS) is 11.9. The fourth-order valence-electron chi connectivity index (χ4n) is 2.17. The largest absolute Gasteiger partial charge is 0.454 e. The lowest BCUT2D eigenvalue weighted by Crippen LogP contribution is -2.28. The van der Waals surface area contributed by atoms with Gasteiger partial charge in [-0.1, -0.05) is 17.7 Å². The fraction of sp³-hybridized carbons (Fsp3) is 0.176. The van der Waals surface area contributed by atoms with Crippen molar-refractivity contribution in [1.29, 1.82) is 0 Å². The predicted molar refractivity (Wildman–Crippen MR) is 86.1 cm³/mol. The van der Waals surface area contributed by atoms with Gasteiger partial charge in [0.15, 0.2) is 18.1 Å². The van der Waals surface area contributed by atoms with Gasteiger partial charge in [-0.05, 0) is 35.9 Å². The molecule has 0 aliphatic carbocycles. The van der Waals surface area contributed by atoms with Crippen LogP contribution >= 0.6 is 11.6 Å². The third kappa shape index (κ3) is 4.19. The molecule has 0 spiro atoms. The van der Waals surface area contributed by atoms with E-state index in [2.05, 4.69) is 5.32 Å². The zero-order chi connectivity index (χ0) is 17.8. The summed E-state index contributed by atoms with van der Waals surface area (Å²) in [5, 5.41) is 2.54. The Kier molecular flexibility index (Phi) is 5.04. The molecule has 8 heteroatoms. The number of carbonyl (C=O) groups excluding carboxylic acids is 2. The molecule has 2 aromatic rings. The lowest BCUT2D eigenvalue weighted by atomic mass is 10.2. The van der Waals surface area contributed by atoms with Crippen LogP contribution in [0.3, 0.4) is 0 Å². The molecular formula is C17H13ClFNO5. The van der Waals surface area contributed by atoms with Gasteiger partial charge in [0.2, 0.25) is 6.79 Å². The van der Waals surface area contributed by atoms with Crippen LogP contribution in [0.5, 0.6) is 11.5 Å². The number of carbonyl (C=O) groups is 2. The van der Waals surface area contributed by atoms with Crippen molar-refractivity contribution in [3.8, 4) is 11.5 Å². The van der Waals surface area contributed by atoms with Crippen LogP contribution in [0.2, 0.25) is 5.02 Å². The Balaban J connectivity index is 1.48. The molecule has 1 heterocycles. The fourth-order valence-corrected chi connectivity index (χ4v) is 2.41. The molecule has 0 aromatic heterocycles. The molecule has 0 unspecified atom stereocenters. The molecule has 0 radical (unpaired) electrons. The summed E-state index contributed by atoms with van der Waals surface area (Å²) in [5.74, 6) is -0.584. The number of halogens is 2. The van der Waals surface area contributed by atoms with E-state index < -0.39 is 24.3 Å². The SMILES string of the molecule is O=C(COC(=O)c1ccc(F)cc1Cl)NCc1ccc2c(c1)OCO2. The maximum absolute atomic E-state index is 13.0. The minimum Gasteiger partial charge on any atom is -0.454 e. The molecule has 0 fully saturated rings. The topological polar surface area (TPSA) is 73.9 Å². The van der Waals surface area contributed by atoms with Gasteiger partial charge in [-0.25, -0.2) is 9.18 Å². The highest BCUT2D eigenvalue weighted by Crippen LogP contribution is 2.32. The number of hydrogen-bond acceptors (Lipinski definition) is 5. The summed E-state index contributed by atoms with van der Waals surface area (Å²) in [5.41, 5.74) is 0.803. The molecule has 0 saturated heterocycles. The van der Waals surface area contributed by atoms with Gasteiger partial charge in [-0.15, -0.1) is 0 Å². The van der Waals surface area contributed by atoms with E-state index in [0.717, 1.165) is 17.7 Å². The first-order valence-corrected chi connectivity index (χ1v) is 7.68. The first-order valence-electron chi connectivity index (χ1n) is 7.30. The Bertz CT molecular complexity index is 827.